The Morgan fingerprint density at radius 2 is 2.00 bits per heavy atom. The molecule has 3 aromatic rings. The lowest BCUT2D eigenvalue weighted by molar-refractivity contribution is 0.354. The highest BCUT2D eigenvalue weighted by molar-refractivity contribution is 9.10. The van der Waals surface area contributed by atoms with Crippen molar-refractivity contribution in [1.29, 1.82) is 0 Å². The van der Waals surface area contributed by atoms with Gasteiger partial charge in [-0.2, -0.15) is 14.9 Å². The number of benzene rings is 2. The molecule has 0 bridgehead atoms. The van der Waals surface area contributed by atoms with E-state index < -0.39 is 0 Å². The molecular weight excluding hydrogens is 416 g/mol. The molecule has 1 N–H and O–H groups in total. The number of halogens is 1. The Balaban J connectivity index is 1.96. The molecule has 26 heavy (non-hydrogen) atoms. The topological polar surface area (TPSA) is 64.4 Å². The van der Waals surface area contributed by atoms with Crippen LogP contribution < -0.4 is 9.47 Å². The van der Waals surface area contributed by atoms with Gasteiger partial charge in [-0.3, -0.25) is 5.10 Å². The molecule has 1 heterocycles. The number of rotatable bonds is 6. The summed E-state index contributed by atoms with van der Waals surface area (Å²) >= 11 is 8.77. The van der Waals surface area contributed by atoms with Crippen LogP contribution in [0.3, 0.4) is 0 Å². The third kappa shape index (κ3) is 4.03. The van der Waals surface area contributed by atoms with Gasteiger partial charge in [0.05, 0.1) is 20.4 Å². The number of hydrogen-bond donors (Lipinski definition) is 1. The standard InChI is InChI=1S/C18H17BrN4O2S/c1-24-15-10-14(19)9-13(17(15)25-2)11-20-23-16(21-22-18(23)26)8-12-6-4-3-5-7-12/h3-7,9-11H,8H2,1-2H3,(H,22,26)/b20-11-. The van der Waals surface area contributed by atoms with Gasteiger partial charge in [-0.1, -0.05) is 46.3 Å². The summed E-state index contributed by atoms with van der Waals surface area (Å²) in [7, 11) is 3.18. The maximum atomic E-state index is 5.45. The van der Waals surface area contributed by atoms with Crippen LogP contribution in [0.15, 0.2) is 52.0 Å². The number of hydrogen-bond acceptors (Lipinski definition) is 5. The second-order valence-electron chi connectivity index (χ2n) is 5.39. The number of ether oxygens (including phenoxy) is 2. The van der Waals surface area contributed by atoms with Crippen molar-refractivity contribution in [2.45, 2.75) is 6.42 Å². The summed E-state index contributed by atoms with van der Waals surface area (Å²) in [6.07, 6.45) is 2.29. The van der Waals surface area contributed by atoms with E-state index in [2.05, 4.69) is 31.2 Å². The summed E-state index contributed by atoms with van der Waals surface area (Å²) in [6.45, 7) is 0. The number of aromatic nitrogens is 3. The minimum absolute atomic E-state index is 0.424. The molecule has 1 aromatic heterocycles. The lowest BCUT2D eigenvalue weighted by Gasteiger charge is -2.11. The summed E-state index contributed by atoms with van der Waals surface area (Å²) in [4.78, 5) is 0. The van der Waals surface area contributed by atoms with Crippen molar-refractivity contribution in [2.24, 2.45) is 5.10 Å². The fourth-order valence-electron chi connectivity index (χ4n) is 2.51. The van der Waals surface area contributed by atoms with E-state index in [9.17, 15) is 0 Å². The van der Waals surface area contributed by atoms with Gasteiger partial charge in [-0.15, -0.1) is 0 Å². The summed E-state index contributed by atoms with van der Waals surface area (Å²) in [6, 6.07) is 13.8. The van der Waals surface area contributed by atoms with E-state index in [0.29, 0.717) is 22.7 Å². The minimum Gasteiger partial charge on any atom is -0.493 e. The molecule has 0 atom stereocenters. The zero-order chi connectivity index (χ0) is 18.5. The van der Waals surface area contributed by atoms with Crippen LogP contribution in [0.2, 0.25) is 0 Å². The molecule has 8 heteroatoms. The van der Waals surface area contributed by atoms with Gasteiger partial charge in [-0.25, -0.2) is 0 Å². The Bertz CT molecular complexity index is 983. The van der Waals surface area contributed by atoms with E-state index in [0.717, 1.165) is 21.4 Å². The Hall–Kier alpha value is -2.45. The van der Waals surface area contributed by atoms with Gasteiger partial charge in [0.15, 0.2) is 17.3 Å². The van der Waals surface area contributed by atoms with Gasteiger partial charge in [0.1, 0.15) is 0 Å². The number of methoxy groups -OCH3 is 2. The summed E-state index contributed by atoms with van der Waals surface area (Å²) in [5.74, 6) is 1.93. The van der Waals surface area contributed by atoms with E-state index in [-0.39, 0.29) is 0 Å². The highest BCUT2D eigenvalue weighted by atomic mass is 79.9. The quantitative estimate of drug-likeness (QED) is 0.468. The van der Waals surface area contributed by atoms with Crippen LogP contribution >= 0.6 is 28.1 Å². The first-order valence-electron chi connectivity index (χ1n) is 7.78. The number of H-pyrrole nitrogens is 1. The van der Waals surface area contributed by atoms with Crippen LogP contribution in [-0.4, -0.2) is 35.3 Å². The zero-order valence-electron chi connectivity index (χ0n) is 14.3. The van der Waals surface area contributed by atoms with E-state index in [1.807, 2.05) is 42.5 Å². The molecule has 0 radical (unpaired) electrons. The molecule has 0 aliphatic heterocycles. The predicted molar refractivity (Wildman–Crippen MR) is 107 cm³/mol. The van der Waals surface area contributed by atoms with E-state index >= 15 is 0 Å². The molecule has 6 nitrogen and oxygen atoms in total. The first-order valence-corrected chi connectivity index (χ1v) is 8.98. The molecule has 0 amide bonds. The molecule has 3 rings (SSSR count). The monoisotopic (exact) mass is 432 g/mol. The van der Waals surface area contributed by atoms with Gasteiger partial charge < -0.3 is 9.47 Å². The Kier molecular flexibility index (Phi) is 5.85. The summed E-state index contributed by atoms with van der Waals surface area (Å²) in [5.41, 5.74) is 1.88. The first kappa shape index (κ1) is 18.3. The van der Waals surface area contributed by atoms with Gasteiger partial charge in [0.2, 0.25) is 4.77 Å². The zero-order valence-corrected chi connectivity index (χ0v) is 16.7. The Morgan fingerprint density at radius 1 is 1.23 bits per heavy atom. The fourth-order valence-corrected chi connectivity index (χ4v) is 3.16. The van der Waals surface area contributed by atoms with Crippen LogP contribution in [0.4, 0.5) is 0 Å². The van der Waals surface area contributed by atoms with Crippen molar-refractivity contribution >= 4 is 34.4 Å². The predicted octanol–water partition coefficient (Wildman–Crippen LogP) is 4.19. The molecule has 0 saturated heterocycles. The maximum absolute atomic E-state index is 5.45. The van der Waals surface area contributed by atoms with Crippen molar-refractivity contribution in [2.75, 3.05) is 14.2 Å². The Morgan fingerprint density at radius 3 is 2.69 bits per heavy atom. The molecule has 2 aromatic carbocycles. The largest absolute Gasteiger partial charge is 0.493 e. The van der Waals surface area contributed by atoms with Crippen LogP contribution in [0.1, 0.15) is 17.0 Å². The first-order chi connectivity index (χ1) is 12.6. The molecule has 0 spiro atoms. The summed E-state index contributed by atoms with van der Waals surface area (Å²) in [5, 5.41) is 11.6. The van der Waals surface area contributed by atoms with Crippen LogP contribution in [0.5, 0.6) is 11.5 Å². The normalized spacial score (nSPS) is 11.0. The molecule has 0 fully saturated rings. The Labute approximate surface area is 164 Å². The van der Waals surface area contributed by atoms with Crippen LogP contribution in [-0.2, 0) is 6.42 Å². The van der Waals surface area contributed by atoms with Gasteiger partial charge in [0, 0.05) is 16.5 Å². The molecule has 0 aliphatic carbocycles. The average molecular weight is 433 g/mol. The lowest BCUT2D eigenvalue weighted by Crippen LogP contribution is -2.01. The van der Waals surface area contributed by atoms with Crippen molar-refractivity contribution < 1.29 is 9.47 Å². The second kappa shape index (κ2) is 8.29. The maximum Gasteiger partial charge on any atom is 0.216 e. The van der Waals surface area contributed by atoms with Crippen LogP contribution in [0, 0.1) is 4.77 Å². The van der Waals surface area contributed by atoms with Gasteiger partial charge in [-0.05, 0) is 29.9 Å². The van der Waals surface area contributed by atoms with Crippen molar-refractivity contribution in [1.82, 2.24) is 14.9 Å². The molecule has 0 aliphatic rings. The minimum atomic E-state index is 0.424. The summed E-state index contributed by atoms with van der Waals surface area (Å²) < 4.78 is 13.7. The average Bonchev–Trinajstić information content (AvgIpc) is 2.99. The highest BCUT2D eigenvalue weighted by Crippen LogP contribution is 2.33. The third-order valence-corrected chi connectivity index (χ3v) is 4.43. The van der Waals surface area contributed by atoms with Crippen molar-refractivity contribution in [3.05, 3.63) is 68.7 Å². The third-order valence-electron chi connectivity index (χ3n) is 3.71. The molecule has 134 valence electrons. The second-order valence-corrected chi connectivity index (χ2v) is 6.70. The lowest BCUT2D eigenvalue weighted by atomic mass is 10.1. The number of aromatic amines is 1. The van der Waals surface area contributed by atoms with Gasteiger partial charge >= 0.3 is 0 Å². The van der Waals surface area contributed by atoms with Gasteiger partial charge in [0.25, 0.3) is 0 Å². The molecule has 0 saturated carbocycles. The van der Waals surface area contributed by atoms with E-state index in [1.165, 1.54) is 0 Å². The van der Waals surface area contributed by atoms with E-state index in [1.54, 1.807) is 25.1 Å². The van der Waals surface area contributed by atoms with Crippen LogP contribution in [0.25, 0.3) is 0 Å². The van der Waals surface area contributed by atoms with Crippen molar-refractivity contribution in [3.8, 4) is 11.5 Å². The smallest absolute Gasteiger partial charge is 0.216 e. The SMILES string of the molecule is COc1cc(Br)cc(/C=N\n2c(Cc3ccccc3)n[nH]c2=S)c1OC. The fraction of sp³-hybridized carbons (Fsp3) is 0.167. The van der Waals surface area contributed by atoms with E-state index in [4.69, 9.17) is 21.7 Å². The number of nitrogens with zero attached hydrogens (tertiary/aromatic N) is 3. The molecular formula is C18H17BrN4O2S. The van der Waals surface area contributed by atoms with Crippen molar-refractivity contribution in [3.63, 3.8) is 0 Å². The highest BCUT2D eigenvalue weighted by Gasteiger charge is 2.11. The molecule has 0 unspecified atom stereocenters. The number of nitrogens with one attached hydrogen (secondary N) is 1.